The molecular formula is C10H13Cl2N. The zero-order chi connectivity index (χ0) is 9.68. The fraction of sp³-hybridized carbons (Fsp3) is 0.400. The van der Waals surface area contributed by atoms with Crippen LogP contribution in [0.15, 0.2) is 24.3 Å². The summed E-state index contributed by atoms with van der Waals surface area (Å²) in [5.74, 6) is 0.633. The third kappa shape index (κ3) is 3.99. The summed E-state index contributed by atoms with van der Waals surface area (Å²) in [6, 6.07) is 8.15. The van der Waals surface area contributed by atoms with Gasteiger partial charge >= 0.3 is 0 Å². The molecule has 0 heterocycles. The highest BCUT2D eigenvalue weighted by atomic mass is 35.5. The average Bonchev–Trinajstić information content (AvgIpc) is 2.16. The monoisotopic (exact) mass is 217 g/mol. The van der Waals surface area contributed by atoms with E-state index in [2.05, 4.69) is 12.2 Å². The molecule has 0 aliphatic carbocycles. The van der Waals surface area contributed by atoms with Crippen molar-refractivity contribution in [3.05, 3.63) is 34.9 Å². The molecule has 72 valence electrons. The van der Waals surface area contributed by atoms with E-state index in [4.69, 9.17) is 23.2 Å². The molecule has 0 fully saturated rings. The van der Waals surface area contributed by atoms with Gasteiger partial charge in [-0.05, 0) is 24.6 Å². The summed E-state index contributed by atoms with van der Waals surface area (Å²) in [5.41, 5.74) is 1.22. The first kappa shape index (κ1) is 10.8. The summed E-state index contributed by atoms with van der Waals surface area (Å²) >= 11 is 11.4. The van der Waals surface area contributed by atoms with Crippen LogP contribution >= 0.6 is 23.2 Å². The molecular weight excluding hydrogens is 205 g/mol. The van der Waals surface area contributed by atoms with Gasteiger partial charge in [0.15, 0.2) is 0 Å². The lowest BCUT2D eigenvalue weighted by Gasteiger charge is -2.09. The zero-order valence-electron chi connectivity index (χ0n) is 7.56. The number of alkyl halides is 1. The van der Waals surface area contributed by atoms with Crippen LogP contribution in [-0.4, -0.2) is 11.9 Å². The molecule has 1 unspecified atom stereocenters. The first-order valence-electron chi connectivity index (χ1n) is 4.26. The molecule has 0 aromatic heterocycles. The fourth-order valence-electron chi connectivity index (χ4n) is 0.949. The molecule has 1 aromatic carbocycles. The normalized spacial score (nSPS) is 12.8. The van der Waals surface area contributed by atoms with Gasteiger partial charge in [0.1, 0.15) is 0 Å². The van der Waals surface area contributed by atoms with Gasteiger partial charge in [-0.15, -0.1) is 11.6 Å². The molecule has 0 spiro atoms. The maximum Gasteiger partial charge on any atom is 0.0406 e. The first-order chi connectivity index (χ1) is 6.22. The van der Waals surface area contributed by atoms with Crippen LogP contribution < -0.4 is 5.32 Å². The number of benzene rings is 1. The van der Waals surface area contributed by atoms with Crippen LogP contribution in [-0.2, 0) is 6.54 Å². The molecule has 0 radical (unpaired) electrons. The molecule has 1 atom stereocenters. The lowest BCUT2D eigenvalue weighted by atomic mass is 10.2. The SMILES string of the molecule is CC(CCl)NCc1ccc(Cl)cc1. The van der Waals surface area contributed by atoms with E-state index < -0.39 is 0 Å². The molecule has 0 amide bonds. The Kier molecular flexibility index (Phi) is 4.57. The van der Waals surface area contributed by atoms with Gasteiger partial charge in [-0.1, -0.05) is 23.7 Å². The topological polar surface area (TPSA) is 12.0 Å². The van der Waals surface area contributed by atoms with E-state index in [0.717, 1.165) is 11.6 Å². The quantitative estimate of drug-likeness (QED) is 0.766. The summed E-state index contributed by atoms with van der Waals surface area (Å²) < 4.78 is 0. The maximum absolute atomic E-state index is 5.76. The summed E-state index contributed by atoms with van der Waals surface area (Å²) in [6.07, 6.45) is 0. The zero-order valence-corrected chi connectivity index (χ0v) is 9.07. The van der Waals surface area contributed by atoms with Gasteiger partial charge in [-0.2, -0.15) is 0 Å². The van der Waals surface area contributed by atoms with Gasteiger partial charge in [0, 0.05) is 23.5 Å². The van der Waals surface area contributed by atoms with Gasteiger partial charge in [0.25, 0.3) is 0 Å². The Morgan fingerprint density at radius 3 is 2.46 bits per heavy atom. The molecule has 3 heteroatoms. The summed E-state index contributed by atoms with van der Waals surface area (Å²) in [7, 11) is 0. The van der Waals surface area contributed by atoms with Crippen molar-refractivity contribution in [3.63, 3.8) is 0 Å². The summed E-state index contributed by atoms with van der Waals surface area (Å²) in [4.78, 5) is 0. The molecule has 13 heavy (non-hydrogen) atoms. The van der Waals surface area contributed by atoms with E-state index >= 15 is 0 Å². The molecule has 1 aromatic rings. The van der Waals surface area contributed by atoms with Gasteiger partial charge < -0.3 is 5.32 Å². The predicted octanol–water partition coefficient (Wildman–Crippen LogP) is 3.06. The van der Waals surface area contributed by atoms with Crippen molar-refractivity contribution in [1.82, 2.24) is 5.32 Å². The Labute approximate surface area is 89.0 Å². The standard InChI is InChI=1S/C10H13Cl2N/c1-8(6-11)13-7-9-2-4-10(12)5-3-9/h2-5,8,13H,6-7H2,1H3. The van der Waals surface area contributed by atoms with Gasteiger partial charge in [-0.25, -0.2) is 0 Å². The molecule has 0 aliphatic rings. The summed E-state index contributed by atoms with van der Waals surface area (Å²) in [6.45, 7) is 2.90. The maximum atomic E-state index is 5.76. The van der Waals surface area contributed by atoms with E-state index in [1.165, 1.54) is 5.56 Å². The van der Waals surface area contributed by atoms with E-state index in [1.54, 1.807) is 0 Å². The van der Waals surface area contributed by atoms with Crippen molar-refractivity contribution in [2.45, 2.75) is 19.5 Å². The first-order valence-corrected chi connectivity index (χ1v) is 5.17. The van der Waals surface area contributed by atoms with Crippen molar-refractivity contribution in [3.8, 4) is 0 Å². The lowest BCUT2D eigenvalue weighted by molar-refractivity contribution is 0.593. The van der Waals surface area contributed by atoms with Gasteiger partial charge in [0.2, 0.25) is 0 Å². The third-order valence-corrected chi connectivity index (χ3v) is 2.51. The highest BCUT2D eigenvalue weighted by molar-refractivity contribution is 6.30. The Balaban J connectivity index is 2.41. The number of halogens is 2. The lowest BCUT2D eigenvalue weighted by Crippen LogP contribution is -2.26. The van der Waals surface area contributed by atoms with Crippen molar-refractivity contribution < 1.29 is 0 Å². The van der Waals surface area contributed by atoms with Crippen LogP contribution in [0.5, 0.6) is 0 Å². The molecule has 0 aliphatic heterocycles. The minimum absolute atomic E-state index is 0.345. The van der Waals surface area contributed by atoms with Crippen LogP contribution in [0.1, 0.15) is 12.5 Å². The average molecular weight is 218 g/mol. The Morgan fingerprint density at radius 2 is 1.92 bits per heavy atom. The Morgan fingerprint density at radius 1 is 1.31 bits per heavy atom. The number of nitrogens with one attached hydrogen (secondary N) is 1. The number of rotatable bonds is 4. The third-order valence-electron chi connectivity index (χ3n) is 1.80. The van der Waals surface area contributed by atoms with Crippen LogP contribution in [0.3, 0.4) is 0 Å². The van der Waals surface area contributed by atoms with Crippen molar-refractivity contribution >= 4 is 23.2 Å². The van der Waals surface area contributed by atoms with E-state index in [1.807, 2.05) is 24.3 Å². The Hall–Kier alpha value is -0.240. The van der Waals surface area contributed by atoms with Crippen LogP contribution in [0.2, 0.25) is 5.02 Å². The van der Waals surface area contributed by atoms with Crippen LogP contribution in [0, 0.1) is 0 Å². The largest absolute Gasteiger partial charge is 0.309 e. The van der Waals surface area contributed by atoms with Crippen LogP contribution in [0.25, 0.3) is 0 Å². The Bertz CT molecular complexity index is 246. The molecule has 0 saturated carbocycles. The second kappa shape index (κ2) is 5.48. The highest BCUT2D eigenvalue weighted by Gasteiger charge is 1.98. The molecule has 0 bridgehead atoms. The van der Waals surface area contributed by atoms with E-state index in [9.17, 15) is 0 Å². The van der Waals surface area contributed by atoms with E-state index in [-0.39, 0.29) is 0 Å². The number of hydrogen-bond donors (Lipinski definition) is 1. The van der Waals surface area contributed by atoms with Crippen molar-refractivity contribution in [1.29, 1.82) is 0 Å². The van der Waals surface area contributed by atoms with Gasteiger partial charge in [0.05, 0.1) is 0 Å². The minimum Gasteiger partial charge on any atom is -0.309 e. The molecule has 1 N–H and O–H groups in total. The van der Waals surface area contributed by atoms with Crippen LogP contribution in [0.4, 0.5) is 0 Å². The van der Waals surface area contributed by atoms with Crippen molar-refractivity contribution in [2.24, 2.45) is 0 Å². The molecule has 1 nitrogen and oxygen atoms in total. The molecule has 0 saturated heterocycles. The van der Waals surface area contributed by atoms with Crippen molar-refractivity contribution in [2.75, 3.05) is 5.88 Å². The number of hydrogen-bond acceptors (Lipinski definition) is 1. The summed E-state index contributed by atoms with van der Waals surface area (Å²) in [5, 5.41) is 4.07. The van der Waals surface area contributed by atoms with E-state index in [0.29, 0.717) is 11.9 Å². The fourth-order valence-corrected chi connectivity index (χ4v) is 1.18. The van der Waals surface area contributed by atoms with Gasteiger partial charge in [-0.3, -0.25) is 0 Å². The highest BCUT2D eigenvalue weighted by Crippen LogP contribution is 2.09. The second-order valence-electron chi connectivity index (χ2n) is 3.06. The minimum atomic E-state index is 0.345. The smallest absolute Gasteiger partial charge is 0.0406 e. The molecule has 1 rings (SSSR count). The second-order valence-corrected chi connectivity index (χ2v) is 3.81. The predicted molar refractivity (Wildman–Crippen MR) is 58.5 cm³/mol.